The zero-order chi connectivity index (χ0) is 23.6. The van der Waals surface area contributed by atoms with Crippen LogP contribution in [0.3, 0.4) is 0 Å². The van der Waals surface area contributed by atoms with E-state index in [1.165, 1.54) is 36.4 Å². The standard InChI is InChI=1S/C26H30F2N2O3/c1-26(2,33-21-12-10-18(27)11-13-21)25(32)30-20(15-17-6-5-7-19(28)14-17)16-22-23(30)8-3-4-9-24(31)29-22/h5-7,10-14,20,22-23H,3-4,8-9,15-16H2,1-2H3,(H,29,31)/t20-,22+,23-/m1/s1. The lowest BCUT2D eigenvalue weighted by Gasteiger charge is -2.38. The molecule has 2 amide bonds. The van der Waals surface area contributed by atoms with E-state index in [1.54, 1.807) is 19.9 Å². The first-order chi connectivity index (χ1) is 15.7. The second-order valence-corrected chi connectivity index (χ2v) is 9.49. The molecule has 0 spiro atoms. The maximum atomic E-state index is 13.9. The molecular formula is C26H30F2N2O3. The molecular weight excluding hydrogens is 426 g/mol. The Kier molecular flexibility index (Phi) is 6.68. The number of nitrogens with zero attached hydrogens (tertiary/aromatic N) is 1. The lowest BCUT2D eigenvalue weighted by Crippen LogP contribution is -2.56. The maximum Gasteiger partial charge on any atom is 0.266 e. The summed E-state index contributed by atoms with van der Waals surface area (Å²) >= 11 is 0. The van der Waals surface area contributed by atoms with Gasteiger partial charge in [-0.2, -0.15) is 0 Å². The summed E-state index contributed by atoms with van der Waals surface area (Å²) in [6.07, 6.45) is 3.99. The fourth-order valence-electron chi connectivity index (χ4n) is 5.03. The summed E-state index contributed by atoms with van der Waals surface area (Å²) in [6, 6.07) is 11.5. The normalized spacial score (nSPS) is 23.3. The molecule has 2 aliphatic rings. The topological polar surface area (TPSA) is 58.6 Å². The van der Waals surface area contributed by atoms with Crippen molar-refractivity contribution in [1.29, 1.82) is 0 Å². The Morgan fingerprint density at radius 2 is 1.88 bits per heavy atom. The Hall–Kier alpha value is -2.96. The molecule has 0 unspecified atom stereocenters. The average Bonchev–Trinajstić information content (AvgIpc) is 3.06. The van der Waals surface area contributed by atoms with Gasteiger partial charge in [0.1, 0.15) is 17.4 Å². The Morgan fingerprint density at radius 1 is 1.12 bits per heavy atom. The average molecular weight is 457 g/mol. The molecule has 7 heteroatoms. The fraction of sp³-hybridized carbons (Fsp3) is 0.462. The van der Waals surface area contributed by atoms with Crippen LogP contribution in [0.2, 0.25) is 0 Å². The molecule has 0 aliphatic carbocycles. The minimum absolute atomic E-state index is 0.00493. The van der Waals surface area contributed by atoms with Gasteiger partial charge in [0.05, 0.1) is 12.1 Å². The number of nitrogens with one attached hydrogen (secondary N) is 1. The van der Waals surface area contributed by atoms with Crippen molar-refractivity contribution >= 4 is 11.8 Å². The van der Waals surface area contributed by atoms with E-state index < -0.39 is 5.60 Å². The number of fused-ring (bicyclic) bond motifs is 1. The van der Waals surface area contributed by atoms with Gasteiger partial charge < -0.3 is 15.0 Å². The van der Waals surface area contributed by atoms with Crippen LogP contribution in [-0.2, 0) is 16.0 Å². The molecule has 2 fully saturated rings. The zero-order valence-electron chi connectivity index (χ0n) is 19.0. The van der Waals surface area contributed by atoms with Crippen LogP contribution in [0.5, 0.6) is 5.75 Å². The highest BCUT2D eigenvalue weighted by Gasteiger charge is 2.48. The summed E-state index contributed by atoms with van der Waals surface area (Å²) in [5.74, 6) is -0.490. The van der Waals surface area contributed by atoms with Crippen LogP contribution in [0.25, 0.3) is 0 Å². The van der Waals surface area contributed by atoms with Crippen molar-refractivity contribution in [2.75, 3.05) is 0 Å². The number of likely N-dealkylation sites (tertiary alicyclic amines) is 1. The number of hydrogen-bond donors (Lipinski definition) is 1. The van der Waals surface area contributed by atoms with Crippen LogP contribution in [0.4, 0.5) is 8.78 Å². The quantitative estimate of drug-likeness (QED) is 0.726. The lowest BCUT2D eigenvalue weighted by molar-refractivity contribution is -0.149. The molecule has 0 saturated carbocycles. The van der Waals surface area contributed by atoms with Gasteiger partial charge in [-0.1, -0.05) is 18.6 Å². The van der Waals surface area contributed by atoms with Gasteiger partial charge >= 0.3 is 0 Å². The Bertz CT molecular complexity index is 1010. The van der Waals surface area contributed by atoms with Crippen molar-refractivity contribution < 1.29 is 23.1 Å². The summed E-state index contributed by atoms with van der Waals surface area (Å²) in [5.41, 5.74) is -0.408. The van der Waals surface area contributed by atoms with Gasteiger partial charge in [-0.15, -0.1) is 0 Å². The predicted molar refractivity (Wildman–Crippen MR) is 121 cm³/mol. The smallest absolute Gasteiger partial charge is 0.266 e. The van der Waals surface area contributed by atoms with Crippen molar-refractivity contribution in [3.05, 3.63) is 65.7 Å². The van der Waals surface area contributed by atoms with E-state index >= 15 is 0 Å². The molecule has 1 N–H and O–H groups in total. The first-order valence-electron chi connectivity index (χ1n) is 11.5. The molecule has 2 aromatic rings. The Balaban J connectivity index is 1.62. The van der Waals surface area contributed by atoms with Crippen LogP contribution < -0.4 is 10.1 Å². The second-order valence-electron chi connectivity index (χ2n) is 9.49. The molecule has 2 saturated heterocycles. The van der Waals surface area contributed by atoms with E-state index in [4.69, 9.17) is 4.74 Å². The summed E-state index contributed by atoms with van der Waals surface area (Å²) in [6.45, 7) is 3.40. The summed E-state index contributed by atoms with van der Waals surface area (Å²) in [7, 11) is 0. The molecule has 33 heavy (non-hydrogen) atoms. The van der Waals surface area contributed by atoms with Crippen LogP contribution in [0.15, 0.2) is 48.5 Å². The zero-order valence-corrected chi connectivity index (χ0v) is 19.0. The van der Waals surface area contributed by atoms with Gasteiger partial charge in [0.2, 0.25) is 5.91 Å². The van der Waals surface area contributed by atoms with Crippen molar-refractivity contribution in [3.8, 4) is 5.75 Å². The van der Waals surface area contributed by atoms with Crippen molar-refractivity contribution in [3.63, 3.8) is 0 Å². The van der Waals surface area contributed by atoms with Gasteiger partial charge in [0, 0.05) is 12.5 Å². The Morgan fingerprint density at radius 3 is 2.61 bits per heavy atom. The maximum absolute atomic E-state index is 13.9. The number of carbonyl (C=O) groups excluding carboxylic acids is 2. The monoisotopic (exact) mass is 456 g/mol. The van der Waals surface area contributed by atoms with E-state index in [2.05, 4.69) is 5.32 Å². The molecule has 2 aromatic carbocycles. The third-order valence-corrected chi connectivity index (χ3v) is 6.54. The van der Waals surface area contributed by atoms with Crippen LogP contribution in [0.1, 0.15) is 51.5 Å². The van der Waals surface area contributed by atoms with Gasteiger partial charge in [-0.25, -0.2) is 8.78 Å². The van der Waals surface area contributed by atoms with E-state index in [9.17, 15) is 18.4 Å². The molecule has 2 heterocycles. The minimum Gasteiger partial charge on any atom is -0.478 e. The van der Waals surface area contributed by atoms with Gasteiger partial charge in [0.15, 0.2) is 5.60 Å². The molecule has 0 bridgehead atoms. The highest BCUT2D eigenvalue weighted by Crippen LogP contribution is 2.35. The van der Waals surface area contributed by atoms with Crippen molar-refractivity contribution in [2.24, 2.45) is 0 Å². The molecule has 0 aromatic heterocycles. The summed E-state index contributed by atoms with van der Waals surface area (Å²) in [4.78, 5) is 28.0. The molecule has 3 atom stereocenters. The number of hydrogen-bond acceptors (Lipinski definition) is 3. The fourth-order valence-corrected chi connectivity index (χ4v) is 5.03. The number of benzene rings is 2. The highest BCUT2D eigenvalue weighted by molar-refractivity contribution is 5.86. The predicted octanol–water partition coefficient (Wildman–Crippen LogP) is 4.39. The van der Waals surface area contributed by atoms with Gasteiger partial charge in [0.25, 0.3) is 5.91 Å². The summed E-state index contributed by atoms with van der Waals surface area (Å²) < 4.78 is 33.1. The second kappa shape index (κ2) is 9.49. The molecule has 2 aliphatic heterocycles. The number of carbonyl (C=O) groups is 2. The van der Waals surface area contributed by atoms with E-state index in [0.29, 0.717) is 25.0 Å². The molecule has 0 radical (unpaired) electrons. The SMILES string of the molecule is CC(C)(Oc1ccc(F)cc1)C(=O)N1[C@H](Cc2cccc(F)c2)C[C@@H]2NC(=O)CCCC[C@H]21. The third-order valence-electron chi connectivity index (χ3n) is 6.54. The van der Waals surface area contributed by atoms with Gasteiger partial charge in [-0.3, -0.25) is 9.59 Å². The largest absolute Gasteiger partial charge is 0.478 e. The molecule has 5 nitrogen and oxygen atoms in total. The number of ether oxygens (including phenoxy) is 1. The van der Waals surface area contributed by atoms with Crippen molar-refractivity contribution in [2.45, 2.75) is 76.1 Å². The summed E-state index contributed by atoms with van der Waals surface area (Å²) in [5, 5.41) is 3.11. The van der Waals surface area contributed by atoms with E-state index in [-0.39, 0.29) is 41.6 Å². The lowest BCUT2D eigenvalue weighted by atomic mass is 9.97. The van der Waals surface area contributed by atoms with Crippen LogP contribution in [0, 0.1) is 11.6 Å². The number of amides is 2. The first kappa shape index (κ1) is 23.2. The van der Waals surface area contributed by atoms with Crippen LogP contribution >= 0.6 is 0 Å². The third kappa shape index (κ3) is 5.34. The highest BCUT2D eigenvalue weighted by atomic mass is 19.1. The van der Waals surface area contributed by atoms with E-state index in [1.807, 2.05) is 11.0 Å². The first-order valence-corrected chi connectivity index (χ1v) is 11.5. The van der Waals surface area contributed by atoms with E-state index in [0.717, 1.165) is 24.8 Å². The number of halogens is 2. The minimum atomic E-state index is -1.21. The van der Waals surface area contributed by atoms with Gasteiger partial charge in [-0.05, 0) is 81.5 Å². The number of rotatable bonds is 5. The Labute approximate surface area is 193 Å². The van der Waals surface area contributed by atoms with Crippen molar-refractivity contribution in [1.82, 2.24) is 10.2 Å². The molecule has 176 valence electrons. The van der Waals surface area contributed by atoms with Crippen LogP contribution in [-0.4, -0.2) is 40.4 Å². The molecule has 4 rings (SSSR count).